The van der Waals surface area contributed by atoms with Gasteiger partial charge in [-0.2, -0.15) is 0 Å². The molecule has 2 aliphatic carbocycles. The summed E-state index contributed by atoms with van der Waals surface area (Å²) in [5.41, 5.74) is 2.83. The van der Waals surface area contributed by atoms with Crippen LogP contribution in [0.2, 0.25) is 0 Å². The van der Waals surface area contributed by atoms with E-state index >= 15 is 0 Å². The minimum Gasteiger partial charge on any atom is -0.260 e. The highest BCUT2D eigenvalue weighted by molar-refractivity contribution is 9.10. The van der Waals surface area contributed by atoms with E-state index in [1.165, 1.54) is 67.1 Å². The Bertz CT molecular complexity index is 392. The van der Waals surface area contributed by atoms with Crippen molar-refractivity contribution in [3.8, 4) is 0 Å². The summed E-state index contributed by atoms with van der Waals surface area (Å²) in [6.07, 6.45) is 13.1. The fourth-order valence-electron chi connectivity index (χ4n) is 3.01. The maximum atomic E-state index is 4.60. The molecule has 2 heteroatoms. The van der Waals surface area contributed by atoms with Gasteiger partial charge in [-0.3, -0.25) is 4.98 Å². The third-order valence-electron chi connectivity index (χ3n) is 4.18. The Kier molecular flexibility index (Phi) is 3.51. The van der Waals surface area contributed by atoms with Crippen molar-refractivity contribution in [2.45, 2.75) is 57.3 Å². The van der Waals surface area contributed by atoms with Gasteiger partial charge < -0.3 is 0 Å². The first-order valence-electron chi connectivity index (χ1n) is 6.97. The van der Waals surface area contributed by atoms with E-state index in [0.29, 0.717) is 0 Å². The summed E-state index contributed by atoms with van der Waals surface area (Å²) in [5.74, 6) is 1.71. The van der Waals surface area contributed by atoms with Gasteiger partial charge in [-0.1, -0.05) is 32.1 Å². The molecular weight excluding hydrogens is 274 g/mol. The van der Waals surface area contributed by atoms with Gasteiger partial charge in [0.05, 0.1) is 0 Å². The van der Waals surface area contributed by atoms with Crippen molar-refractivity contribution in [1.82, 2.24) is 4.98 Å². The predicted octanol–water partition coefficient (Wildman–Crippen LogP) is 4.84. The van der Waals surface area contributed by atoms with Gasteiger partial charge in [0.15, 0.2) is 0 Å². The molecule has 0 radical (unpaired) electrons. The molecule has 1 aromatic heterocycles. The van der Waals surface area contributed by atoms with Crippen molar-refractivity contribution in [3.05, 3.63) is 28.0 Å². The van der Waals surface area contributed by atoms with E-state index in [9.17, 15) is 0 Å². The highest BCUT2D eigenvalue weighted by atomic mass is 79.9. The van der Waals surface area contributed by atoms with Gasteiger partial charge in [-0.25, -0.2) is 0 Å². The third kappa shape index (κ3) is 2.90. The third-order valence-corrected chi connectivity index (χ3v) is 4.84. The molecule has 0 spiro atoms. The predicted molar refractivity (Wildman–Crippen MR) is 74.2 cm³/mol. The van der Waals surface area contributed by atoms with Crippen LogP contribution < -0.4 is 0 Å². The molecule has 0 saturated heterocycles. The molecule has 2 aliphatic rings. The van der Waals surface area contributed by atoms with Gasteiger partial charge in [-0.05, 0) is 58.7 Å². The molecule has 92 valence electrons. The van der Waals surface area contributed by atoms with E-state index in [2.05, 4.69) is 27.0 Å². The molecule has 0 aliphatic heterocycles. The second-order valence-corrected chi connectivity index (χ2v) is 6.53. The molecule has 0 atom stereocenters. The van der Waals surface area contributed by atoms with Gasteiger partial charge in [0.1, 0.15) is 0 Å². The van der Waals surface area contributed by atoms with Crippen LogP contribution in [0.25, 0.3) is 0 Å². The lowest BCUT2D eigenvalue weighted by atomic mass is 9.86. The van der Waals surface area contributed by atoms with Gasteiger partial charge in [0.25, 0.3) is 0 Å². The van der Waals surface area contributed by atoms with Crippen LogP contribution in [0, 0.1) is 5.92 Å². The Hall–Kier alpha value is -0.370. The SMILES string of the molecule is Brc1cnc(CC2CCCCC2)cc1C1CC1. The molecule has 0 aromatic carbocycles. The highest BCUT2D eigenvalue weighted by Gasteiger charge is 2.26. The lowest BCUT2D eigenvalue weighted by Gasteiger charge is -2.21. The van der Waals surface area contributed by atoms with Crippen molar-refractivity contribution in [2.75, 3.05) is 0 Å². The summed E-state index contributed by atoms with van der Waals surface area (Å²) < 4.78 is 1.22. The molecule has 3 rings (SSSR count). The first-order chi connectivity index (χ1) is 8.33. The van der Waals surface area contributed by atoms with Crippen molar-refractivity contribution < 1.29 is 0 Å². The van der Waals surface area contributed by atoms with Crippen LogP contribution in [-0.2, 0) is 6.42 Å². The quantitative estimate of drug-likeness (QED) is 0.777. The van der Waals surface area contributed by atoms with Crippen molar-refractivity contribution >= 4 is 15.9 Å². The molecule has 2 saturated carbocycles. The van der Waals surface area contributed by atoms with Crippen molar-refractivity contribution in [1.29, 1.82) is 0 Å². The largest absolute Gasteiger partial charge is 0.260 e. The zero-order chi connectivity index (χ0) is 11.7. The van der Waals surface area contributed by atoms with Crippen molar-refractivity contribution in [3.63, 3.8) is 0 Å². The fraction of sp³-hybridized carbons (Fsp3) is 0.667. The second-order valence-electron chi connectivity index (χ2n) is 5.68. The molecule has 2 fully saturated rings. The average Bonchev–Trinajstić information content (AvgIpc) is 3.17. The molecule has 1 heterocycles. The topological polar surface area (TPSA) is 12.9 Å². The first kappa shape index (κ1) is 11.7. The molecular formula is C15H20BrN. The zero-order valence-corrected chi connectivity index (χ0v) is 11.9. The van der Waals surface area contributed by atoms with Gasteiger partial charge in [0.2, 0.25) is 0 Å². The Balaban J connectivity index is 1.71. The molecule has 0 bridgehead atoms. The summed E-state index contributed by atoms with van der Waals surface area (Å²) in [6.45, 7) is 0. The Labute approximate surface area is 112 Å². The van der Waals surface area contributed by atoms with Crippen LogP contribution >= 0.6 is 15.9 Å². The summed E-state index contributed by atoms with van der Waals surface area (Å²) in [7, 11) is 0. The number of halogens is 1. The molecule has 0 N–H and O–H groups in total. The van der Waals surface area contributed by atoms with E-state index in [-0.39, 0.29) is 0 Å². The van der Waals surface area contributed by atoms with Crippen LogP contribution in [-0.4, -0.2) is 4.98 Å². The number of nitrogens with zero attached hydrogens (tertiary/aromatic N) is 1. The fourth-order valence-corrected chi connectivity index (χ4v) is 3.55. The maximum Gasteiger partial charge on any atom is 0.0416 e. The summed E-state index contributed by atoms with van der Waals surface area (Å²) in [6, 6.07) is 2.36. The number of pyridine rings is 1. The van der Waals surface area contributed by atoms with Crippen LogP contribution in [0.15, 0.2) is 16.7 Å². The molecule has 17 heavy (non-hydrogen) atoms. The molecule has 0 amide bonds. The van der Waals surface area contributed by atoms with Gasteiger partial charge in [0, 0.05) is 16.4 Å². The summed E-state index contributed by atoms with van der Waals surface area (Å²) >= 11 is 3.63. The van der Waals surface area contributed by atoms with Crippen LogP contribution in [0.3, 0.4) is 0 Å². The number of hydrogen-bond acceptors (Lipinski definition) is 1. The lowest BCUT2D eigenvalue weighted by Crippen LogP contribution is -2.10. The maximum absolute atomic E-state index is 4.60. The Morgan fingerprint density at radius 3 is 2.59 bits per heavy atom. The number of rotatable bonds is 3. The smallest absolute Gasteiger partial charge is 0.0416 e. The molecule has 0 unspecified atom stereocenters. The second kappa shape index (κ2) is 5.09. The Morgan fingerprint density at radius 2 is 1.88 bits per heavy atom. The number of aromatic nitrogens is 1. The average molecular weight is 294 g/mol. The van der Waals surface area contributed by atoms with Crippen LogP contribution in [0.4, 0.5) is 0 Å². The minimum atomic E-state index is 0.817. The summed E-state index contributed by atoms with van der Waals surface area (Å²) in [4.78, 5) is 4.60. The van der Waals surface area contributed by atoms with E-state index < -0.39 is 0 Å². The molecule has 1 aromatic rings. The highest BCUT2D eigenvalue weighted by Crippen LogP contribution is 2.43. The number of hydrogen-bond donors (Lipinski definition) is 0. The van der Waals surface area contributed by atoms with E-state index in [0.717, 1.165) is 11.8 Å². The normalized spacial score (nSPS) is 21.7. The Morgan fingerprint density at radius 1 is 1.12 bits per heavy atom. The van der Waals surface area contributed by atoms with E-state index in [4.69, 9.17) is 0 Å². The van der Waals surface area contributed by atoms with Gasteiger partial charge in [-0.15, -0.1) is 0 Å². The van der Waals surface area contributed by atoms with Crippen molar-refractivity contribution in [2.24, 2.45) is 5.92 Å². The first-order valence-corrected chi connectivity index (χ1v) is 7.76. The lowest BCUT2D eigenvalue weighted by molar-refractivity contribution is 0.354. The van der Waals surface area contributed by atoms with E-state index in [1.54, 1.807) is 0 Å². The molecule has 1 nitrogen and oxygen atoms in total. The zero-order valence-electron chi connectivity index (χ0n) is 10.3. The van der Waals surface area contributed by atoms with Gasteiger partial charge >= 0.3 is 0 Å². The minimum absolute atomic E-state index is 0.817. The van der Waals surface area contributed by atoms with Crippen LogP contribution in [0.5, 0.6) is 0 Å². The van der Waals surface area contributed by atoms with Crippen LogP contribution in [0.1, 0.15) is 62.1 Å². The standard InChI is InChI=1S/C15H20BrN/c16-15-10-17-13(9-14(15)12-6-7-12)8-11-4-2-1-3-5-11/h9-12H,1-8H2. The van der Waals surface area contributed by atoms with E-state index in [1.807, 2.05) is 6.20 Å². The summed E-state index contributed by atoms with van der Waals surface area (Å²) in [5, 5.41) is 0. The monoisotopic (exact) mass is 293 g/mol.